The van der Waals surface area contributed by atoms with Crippen molar-refractivity contribution in [3.05, 3.63) is 54.1 Å². The highest BCUT2D eigenvalue weighted by atomic mass is 16.5. The number of hydrogen-bond acceptors (Lipinski definition) is 6. The topological polar surface area (TPSA) is 99.2 Å². The van der Waals surface area contributed by atoms with E-state index in [9.17, 15) is 4.79 Å². The molecule has 1 aliphatic rings. The minimum atomic E-state index is -0.103. The number of hydrogen-bond donors (Lipinski definition) is 1. The molecule has 156 valence electrons. The highest BCUT2D eigenvalue weighted by Gasteiger charge is 2.33. The molecule has 2 aromatic heterocycles. The molecule has 0 aliphatic carbocycles. The van der Waals surface area contributed by atoms with E-state index in [0.717, 1.165) is 47.5 Å². The molecule has 3 aromatic rings. The molecule has 0 radical (unpaired) electrons. The van der Waals surface area contributed by atoms with Gasteiger partial charge in [0, 0.05) is 43.5 Å². The second-order valence-electron chi connectivity index (χ2n) is 7.52. The van der Waals surface area contributed by atoms with Crippen LogP contribution in [0.25, 0.3) is 11.1 Å². The lowest BCUT2D eigenvalue weighted by atomic mass is 10.0. The van der Waals surface area contributed by atoms with Gasteiger partial charge < -0.3 is 15.4 Å². The van der Waals surface area contributed by atoms with Crippen LogP contribution in [0.4, 0.5) is 5.95 Å². The summed E-state index contributed by atoms with van der Waals surface area (Å²) in [4.78, 5) is 23.7. The van der Waals surface area contributed by atoms with Crippen molar-refractivity contribution in [1.82, 2.24) is 24.6 Å². The Bertz CT molecular complexity index is 1030. The quantitative estimate of drug-likeness (QED) is 0.676. The summed E-state index contributed by atoms with van der Waals surface area (Å²) in [7, 11) is 3.51. The number of benzene rings is 1. The average molecular weight is 406 g/mol. The summed E-state index contributed by atoms with van der Waals surface area (Å²) >= 11 is 0. The normalized spacial score (nSPS) is 16.1. The lowest BCUT2D eigenvalue weighted by Crippen LogP contribution is -2.31. The van der Waals surface area contributed by atoms with E-state index in [1.165, 1.54) is 0 Å². The zero-order valence-corrected chi connectivity index (χ0v) is 17.3. The third-order valence-corrected chi connectivity index (χ3v) is 5.53. The molecular weight excluding hydrogens is 380 g/mol. The monoisotopic (exact) mass is 406 g/mol. The van der Waals surface area contributed by atoms with Gasteiger partial charge in [0.15, 0.2) is 0 Å². The van der Waals surface area contributed by atoms with Crippen LogP contribution in [0.2, 0.25) is 0 Å². The van der Waals surface area contributed by atoms with Crippen LogP contribution >= 0.6 is 0 Å². The number of nitrogen functional groups attached to an aromatic ring is 1. The van der Waals surface area contributed by atoms with Crippen LogP contribution in [0.15, 0.2) is 42.9 Å². The Morgan fingerprint density at radius 2 is 2.07 bits per heavy atom. The van der Waals surface area contributed by atoms with Crippen LogP contribution in [-0.2, 0) is 18.3 Å². The summed E-state index contributed by atoms with van der Waals surface area (Å²) in [6.45, 7) is 0.725. The van der Waals surface area contributed by atoms with Gasteiger partial charge >= 0.3 is 0 Å². The van der Waals surface area contributed by atoms with E-state index >= 15 is 0 Å². The summed E-state index contributed by atoms with van der Waals surface area (Å²) in [6, 6.07) is 7.73. The van der Waals surface area contributed by atoms with E-state index in [2.05, 4.69) is 15.1 Å². The van der Waals surface area contributed by atoms with Crippen molar-refractivity contribution in [2.45, 2.75) is 31.7 Å². The van der Waals surface area contributed by atoms with Crippen molar-refractivity contribution in [3.63, 3.8) is 0 Å². The van der Waals surface area contributed by atoms with Gasteiger partial charge in [-0.1, -0.05) is 12.1 Å². The summed E-state index contributed by atoms with van der Waals surface area (Å²) < 4.78 is 6.93. The van der Waals surface area contributed by atoms with Crippen LogP contribution in [0.3, 0.4) is 0 Å². The smallest absolute Gasteiger partial charge is 0.223 e. The standard InChI is InChI=1S/C22H26N6O2/c1-27-14-16(12-25-27)18-13-24-22(23)26-21(18)19-4-3-11-28(19)20(29)10-7-15-5-8-17(30-2)9-6-15/h5-6,8-9,12-14,19H,3-4,7,10-11H2,1-2H3,(H2,23,24,26)/t19-/m1/s1. The number of carbonyl (C=O) groups is 1. The van der Waals surface area contributed by atoms with Crippen molar-refractivity contribution in [2.24, 2.45) is 7.05 Å². The van der Waals surface area contributed by atoms with Gasteiger partial charge in [0.05, 0.1) is 25.0 Å². The number of carbonyl (C=O) groups excluding carboxylic acids is 1. The second-order valence-corrected chi connectivity index (χ2v) is 7.52. The number of amides is 1. The first kappa shape index (κ1) is 19.9. The number of rotatable bonds is 6. The zero-order chi connectivity index (χ0) is 21.1. The Hall–Kier alpha value is -3.42. The Morgan fingerprint density at radius 3 is 2.77 bits per heavy atom. The predicted octanol–water partition coefficient (Wildman–Crippen LogP) is 2.76. The first-order valence-corrected chi connectivity index (χ1v) is 10.1. The Kier molecular flexibility index (Phi) is 5.65. The number of methoxy groups -OCH3 is 1. The van der Waals surface area contributed by atoms with Crippen LogP contribution in [0.1, 0.15) is 36.6 Å². The summed E-state index contributed by atoms with van der Waals surface area (Å²) in [5.41, 5.74) is 9.61. The molecule has 4 rings (SSSR count). The number of nitrogens with zero attached hydrogens (tertiary/aromatic N) is 5. The number of aromatic nitrogens is 4. The van der Waals surface area contributed by atoms with Crippen LogP contribution in [-0.4, -0.2) is 44.2 Å². The maximum absolute atomic E-state index is 13.1. The molecule has 1 atom stereocenters. The first-order valence-electron chi connectivity index (χ1n) is 10.1. The van der Waals surface area contributed by atoms with Crippen molar-refractivity contribution in [3.8, 4) is 16.9 Å². The molecule has 0 unspecified atom stereocenters. The minimum Gasteiger partial charge on any atom is -0.497 e. The number of likely N-dealkylation sites (tertiary alicyclic amines) is 1. The van der Waals surface area contributed by atoms with Gasteiger partial charge in [-0.05, 0) is 37.0 Å². The SMILES string of the molecule is COc1ccc(CCC(=O)N2CCC[C@@H]2c2nc(N)ncc2-c2cnn(C)c2)cc1. The summed E-state index contributed by atoms with van der Waals surface area (Å²) in [5, 5.41) is 4.25. The van der Waals surface area contributed by atoms with Crippen LogP contribution in [0, 0.1) is 0 Å². The molecule has 1 aliphatic heterocycles. The molecule has 30 heavy (non-hydrogen) atoms. The number of aryl methyl sites for hydroxylation is 2. The molecule has 1 saturated heterocycles. The van der Waals surface area contributed by atoms with Gasteiger partial charge in [0.1, 0.15) is 5.75 Å². The molecule has 0 saturated carbocycles. The van der Waals surface area contributed by atoms with Crippen molar-refractivity contribution < 1.29 is 9.53 Å². The summed E-state index contributed by atoms with van der Waals surface area (Å²) in [6.07, 6.45) is 8.37. The molecule has 8 nitrogen and oxygen atoms in total. The third kappa shape index (κ3) is 4.12. The van der Waals surface area contributed by atoms with E-state index in [-0.39, 0.29) is 17.9 Å². The largest absolute Gasteiger partial charge is 0.497 e. The number of anilines is 1. The van der Waals surface area contributed by atoms with E-state index in [1.54, 1.807) is 24.2 Å². The molecule has 3 heterocycles. The van der Waals surface area contributed by atoms with E-state index in [4.69, 9.17) is 10.5 Å². The molecule has 1 amide bonds. The maximum atomic E-state index is 13.1. The molecular formula is C22H26N6O2. The van der Waals surface area contributed by atoms with Gasteiger partial charge in [-0.2, -0.15) is 5.10 Å². The van der Waals surface area contributed by atoms with Crippen molar-refractivity contribution in [2.75, 3.05) is 19.4 Å². The molecule has 1 fully saturated rings. The third-order valence-electron chi connectivity index (χ3n) is 5.53. The fourth-order valence-electron chi connectivity index (χ4n) is 3.98. The Labute approximate surface area is 175 Å². The maximum Gasteiger partial charge on any atom is 0.223 e. The fraction of sp³-hybridized carbons (Fsp3) is 0.364. The minimum absolute atomic E-state index is 0.103. The van der Waals surface area contributed by atoms with Gasteiger partial charge in [-0.15, -0.1) is 0 Å². The molecule has 0 spiro atoms. The predicted molar refractivity (Wildman–Crippen MR) is 114 cm³/mol. The second kappa shape index (κ2) is 8.52. The highest BCUT2D eigenvalue weighted by molar-refractivity contribution is 5.78. The molecule has 0 bridgehead atoms. The van der Waals surface area contributed by atoms with Crippen molar-refractivity contribution in [1.29, 1.82) is 0 Å². The van der Waals surface area contributed by atoms with E-state index in [0.29, 0.717) is 12.8 Å². The van der Waals surface area contributed by atoms with Gasteiger partial charge in [0.2, 0.25) is 11.9 Å². The zero-order valence-electron chi connectivity index (χ0n) is 17.3. The van der Waals surface area contributed by atoms with Gasteiger partial charge in [-0.3, -0.25) is 9.48 Å². The Balaban J connectivity index is 1.53. The van der Waals surface area contributed by atoms with Gasteiger partial charge in [0.25, 0.3) is 0 Å². The molecule has 1 aromatic carbocycles. The van der Waals surface area contributed by atoms with Crippen LogP contribution in [0.5, 0.6) is 5.75 Å². The van der Waals surface area contributed by atoms with E-state index in [1.807, 2.05) is 42.4 Å². The van der Waals surface area contributed by atoms with Crippen LogP contribution < -0.4 is 10.5 Å². The number of ether oxygens (including phenoxy) is 1. The lowest BCUT2D eigenvalue weighted by Gasteiger charge is -2.26. The Morgan fingerprint density at radius 1 is 1.27 bits per heavy atom. The van der Waals surface area contributed by atoms with Crippen molar-refractivity contribution >= 4 is 11.9 Å². The van der Waals surface area contributed by atoms with Gasteiger partial charge in [-0.25, -0.2) is 9.97 Å². The molecule has 2 N–H and O–H groups in total. The van der Waals surface area contributed by atoms with E-state index < -0.39 is 0 Å². The fourth-order valence-corrected chi connectivity index (χ4v) is 3.98. The first-order chi connectivity index (χ1) is 14.5. The highest BCUT2D eigenvalue weighted by Crippen LogP contribution is 2.37. The molecule has 8 heteroatoms. The summed E-state index contributed by atoms with van der Waals surface area (Å²) in [5.74, 6) is 1.16. The lowest BCUT2D eigenvalue weighted by molar-refractivity contribution is -0.132. The number of nitrogens with two attached hydrogens (primary N) is 1. The average Bonchev–Trinajstić information content (AvgIpc) is 3.41.